The van der Waals surface area contributed by atoms with Crippen LogP contribution in [0.3, 0.4) is 0 Å². The summed E-state index contributed by atoms with van der Waals surface area (Å²) in [5.41, 5.74) is -0.665. The lowest BCUT2D eigenvalue weighted by molar-refractivity contribution is -0.395. The van der Waals surface area contributed by atoms with Crippen molar-refractivity contribution < 1.29 is 19.4 Å². The molecule has 0 N–H and O–H groups in total. The maximum Gasteiger partial charge on any atom is 0.336 e. The molecule has 0 aliphatic carbocycles. The summed E-state index contributed by atoms with van der Waals surface area (Å²) in [6, 6.07) is 2.49. The number of allylic oxidation sites excluding steroid dienone is 1. The van der Waals surface area contributed by atoms with E-state index >= 15 is 0 Å². The number of ether oxygens (including phenoxy) is 1. The first-order valence-corrected chi connectivity index (χ1v) is 8.56. The molecule has 0 aliphatic heterocycles. The number of unbranched alkanes of at least 4 members (excludes halogenated alkanes) is 2. The summed E-state index contributed by atoms with van der Waals surface area (Å²) in [4.78, 5) is 32.7. The zero-order valence-electron chi connectivity index (χ0n) is 15.3. The Bertz CT molecular complexity index is 662. The summed E-state index contributed by atoms with van der Waals surface area (Å²) < 4.78 is 4.85. The highest BCUT2D eigenvalue weighted by molar-refractivity contribution is 5.86. The number of carbonyl (C=O) groups is 1. The standard InChI is InChI=1S/C18H24N2O6/c1-4-8-17(21)26-18-15(19(22)23)11-14(12-16(18)20(24)25)10-7-5-6-9-13(2)3/h4,8,11-13H,5-7,9-10H2,1-3H3. The van der Waals surface area contributed by atoms with Crippen LogP contribution in [0.1, 0.15) is 52.0 Å². The number of nitrogens with zero attached hydrogens (tertiary/aromatic N) is 2. The van der Waals surface area contributed by atoms with E-state index in [1.807, 2.05) is 0 Å². The van der Waals surface area contributed by atoms with E-state index in [9.17, 15) is 25.0 Å². The molecule has 0 spiro atoms. The van der Waals surface area contributed by atoms with Gasteiger partial charge in [-0.15, -0.1) is 0 Å². The lowest BCUT2D eigenvalue weighted by Crippen LogP contribution is -2.09. The van der Waals surface area contributed by atoms with Gasteiger partial charge in [-0.05, 0) is 31.2 Å². The summed E-state index contributed by atoms with van der Waals surface area (Å²) in [5.74, 6) is -0.921. The van der Waals surface area contributed by atoms with E-state index in [0.717, 1.165) is 31.8 Å². The summed E-state index contributed by atoms with van der Waals surface area (Å²) in [5, 5.41) is 22.6. The predicted octanol–water partition coefficient (Wildman–Crippen LogP) is 4.74. The van der Waals surface area contributed by atoms with E-state index in [1.54, 1.807) is 6.92 Å². The molecule has 1 aromatic rings. The summed E-state index contributed by atoms with van der Waals surface area (Å²) >= 11 is 0. The molecule has 0 atom stereocenters. The van der Waals surface area contributed by atoms with Crippen molar-refractivity contribution in [1.29, 1.82) is 0 Å². The van der Waals surface area contributed by atoms with Gasteiger partial charge in [-0.1, -0.05) is 39.2 Å². The summed E-state index contributed by atoms with van der Waals surface area (Å²) in [6.45, 7) is 5.84. The monoisotopic (exact) mass is 364 g/mol. The molecular formula is C18H24N2O6. The van der Waals surface area contributed by atoms with Crippen LogP contribution >= 0.6 is 0 Å². The van der Waals surface area contributed by atoms with E-state index < -0.39 is 32.9 Å². The Hall–Kier alpha value is -2.77. The number of benzene rings is 1. The number of nitro benzene ring substituents is 2. The Balaban J connectivity index is 3.06. The number of aryl methyl sites for hydroxylation is 1. The highest BCUT2D eigenvalue weighted by atomic mass is 16.6. The first kappa shape index (κ1) is 21.3. The molecule has 0 aromatic heterocycles. The van der Waals surface area contributed by atoms with E-state index in [1.165, 1.54) is 18.2 Å². The van der Waals surface area contributed by atoms with Crippen LogP contribution < -0.4 is 4.74 Å². The van der Waals surface area contributed by atoms with Crippen molar-refractivity contribution in [3.8, 4) is 5.75 Å². The lowest BCUT2D eigenvalue weighted by atomic mass is 10.0. The number of hydrogen-bond acceptors (Lipinski definition) is 6. The van der Waals surface area contributed by atoms with Gasteiger partial charge >= 0.3 is 17.3 Å². The number of hydrogen-bond donors (Lipinski definition) is 0. The topological polar surface area (TPSA) is 113 Å². The number of rotatable bonds is 10. The van der Waals surface area contributed by atoms with E-state index in [4.69, 9.17) is 4.74 Å². The fourth-order valence-corrected chi connectivity index (χ4v) is 2.50. The van der Waals surface area contributed by atoms with Crippen LogP contribution in [0.5, 0.6) is 5.75 Å². The minimum atomic E-state index is -0.903. The molecule has 0 fully saturated rings. The van der Waals surface area contributed by atoms with Gasteiger partial charge in [-0.2, -0.15) is 0 Å². The highest BCUT2D eigenvalue weighted by Crippen LogP contribution is 2.38. The molecule has 8 nitrogen and oxygen atoms in total. The average Bonchev–Trinajstić information content (AvgIpc) is 2.54. The predicted molar refractivity (Wildman–Crippen MR) is 97.2 cm³/mol. The van der Waals surface area contributed by atoms with Crippen LogP contribution in [-0.4, -0.2) is 15.8 Å². The van der Waals surface area contributed by atoms with Gasteiger partial charge in [0.1, 0.15) is 0 Å². The lowest BCUT2D eigenvalue weighted by Gasteiger charge is -2.08. The molecule has 0 saturated heterocycles. The van der Waals surface area contributed by atoms with Crippen molar-refractivity contribution in [3.05, 3.63) is 50.1 Å². The molecule has 26 heavy (non-hydrogen) atoms. The van der Waals surface area contributed by atoms with Crippen LogP contribution in [-0.2, 0) is 11.2 Å². The van der Waals surface area contributed by atoms with Crippen molar-refractivity contribution in [3.63, 3.8) is 0 Å². The molecule has 0 saturated carbocycles. The molecule has 0 amide bonds. The maximum atomic E-state index is 11.6. The second kappa shape index (κ2) is 10.3. The van der Waals surface area contributed by atoms with Crippen molar-refractivity contribution in [2.75, 3.05) is 0 Å². The molecular weight excluding hydrogens is 340 g/mol. The second-order valence-corrected chi connectivity index (χ2v) is 6.39. The Labute approximate surface area is 152 Å². The smallest absolute Gasteiger partial charge is 0.336 e. The molecule has 0 radical (unpaired) electrons. The van der Waals surface area contributed by atoms with Crippen LogP contribution in [0, 0.1) is 26.1 Å². The van der Waals surface area contributed by atoms with Gasteiger partial charge in [0.05, 0.1) is 9.85 Å². The fourth-order valence-electron chi connectivity index (χ4n) is 2.50. The minimum absolute atomic E-state index is 0.485. The fraction of sp³-hybridized carbons (Fsp3) is 0.500. The second-order valence-electron chi connectivity index (χ2n) is 6.39. The normalized spacial score (nSPS) is 11.1. The third-order valence-electron chi connectivity index (χ3n) is 3.76. The highest BCUT2D eigenvalue weighted by Gasteiger charge is 2.30. The van der Waals surface area contributed by atoms with E-state index in [2.05, 4.69) is 13.8 Å². The van der Waals surface area contributed by atoms with Gasteiger partial charge in [-0.25, -0.2) is 4.79 Å². The Morgan fingerprint density at radius 1 is 1.12 bits per heavy atom. The molecule has 1 rings (SSSR count). The molecule has 142 valence electrons. The average molecular weight is 364 g/mol. The Kier molecular flexibility index (Phi) is 8.41. The summed E-state index contributed by atoms with van der Waals surface area (Å²) in [6.07, 6.45) is 6.77. The maximum absolute atomic E-state index is 11.6. The molecule has 0 bridgehead atoms. The summed E-state index contributed by atoms with van der Waals surface area (Å²) in [7, 11) is 0. The zero-order valence-corrected chi connectivity index (χ0v) is 15.3. The van der Waals surface area contributed by atoms with Gasteiger partial charge < -0.3 is 4.74 Å². The van der Waals surface area contributed by atoms with Gasteiger partial charge in [-0.3, -0.25) is 20.2 Å². The van der Waals surface area contributed by atoms with E-state index in [-0.39, 0.29) is 0 Å². The van der Waals surface area contributed by atoms with Gasteiger partial charge in [0.15, 0.2) is 0 Å². The van der Waals surface area contributed by atoms with Crippen LogP contribution in [0.4, 0.5) is 11.4 Å². The van der Waals surface area contributed by atoms with Crippen molar-refractivity contribution in [2.24, 2.45) is 5.92 Å². The van der Waals surface area contributed by atoms with Crippen LogP contribution in [0.2, 0.25) is 0 Å². The Morgan fingerprint density at radius 3 is 2.15 bits per heavy atom. The molecule has 0 aliphatic rings. The van der Waals surface area contributed by atoms with Crippen LogP contribution in [0.15, 0.2) is 24.3 Å². The van der Waals surface area contributed by atoms with Gasteiger partial charge in [0, 0.05) is 18.2 Å². The van der Waals surface area contributed by atoms with Gasteiger partial charge in [0.25, 0.3) is 5.75 Å². The number of carbonyl (C=O) groups excluding carboxylic acids is 1. The van der Waals surface area contributed by atoms with Gasteiger partial charge in [0.2, 0.25) is 0 Å². The van der Waals surface area contributed by atoms with Crippen LogP contribution in [0.25, 0.3) is 0 Å². The van der Waals surface area contributed by atoms with Crippen molar-refractivity contribution in [1.82, 2.24) is 0 Å². The molecule has 1 aromatic carbocycles. The first-order valence-electron chi connectivity index (χ1n) is 8.56. The largest absolute Gasteiger partial charge is 0.409 e. The number of nitro groups is 2. The van der Waals surface area contributed by atoms with Crippen molar-refractivity contribution >= 4 is 17.3 Å². The quantitative estimate of drug-likeness (QED) is 0.148. The molecule has 0 unspecified atom stereocenters. The number of esters is 1. The molecule has 0 heterocycles. The third-order valence-corrected chi connectivity index (χ3v) is 3.76. The van der Waals surface area contributed by atoms with E-state index in [0.29, 0.717) is 17.9 Å². The SMILES string of the molecule is CC=CC(=O)Oc1c([N+](=O)[O-])cc(CCCCCC(C)C)cc1[N+](=O)[O-]. The Morgan fingerprint density at radius 2 is 1.69 bits per heavy atom. The minimum Gasteiger partial charge on any atom is -0.409 e. The molecule has 8 heteroatoms. The first-order chi connectivity index (χ1) is 12.3. The zero-order chi connectivity index (χ0) is 19.7. The van der Waals surface area contributed by atoms with Crippen molar-refractivity contribution in [2.45, 2.75) is 52.9 Å². The third kappa shape index (κ3) is 6.62.